The number of oxime groups is 1. The highest BCUT2D eigenvalue weighted by molar-refractivity contribution is 5.99. The lowest BCUT2D eigenvalue weighted by atomic mass is 10.1. The Morgan fingerprint density at radius 2 is 1.95 bits per heavy atom. The number of nitrogens with two attached hydrogens (primary N) is 1. The number of rotatable bonds is 2. The topological polar surface area (TPSA) is 76.4 Å². The van der Waals surface area contributed by atoms with Crippen molar-refractivity contribution in [3.63, 3.8) is 0 Å². The first kappa shape index (κ1) is 14.9. The van der Waals surface area contributed by atoms with Gasteiger partial charge < -0.3 is 10.9 Å². The fourth-order valence-corrected chi connectivity index (χ4v) is 2.07. The Balaban J connectivity index is 2.65. The van der Waals surface area contributed by atoms with Crippen molar-refractivity contribution >= 4 is 5.84 Å². The predicted octanol–water partition coefficient (Wildman–Crippen LogP) is 2.60. The maximum absolute atomic E-state index is 12.9. The van der Waals surface area contributed by atoms with E-state index in [0.717, 1.165) is 17.5 Å². The van der Waals surface area contributed by atoms with E-state index in [1.54, 1.807) is 19.9 Å². The van der Waals surface area contributed by atoms with Crippen LogP contribution in [0.1, 0.15) is 22.5 Å². The van der Waals surface area contributed by atoms with Gasteiger partial charge in [-0.05, 0) is 38.1 Å². The van der Waals surface area contributed by atoms with E-state index in [4.69, 9.17) is 10.9 Å². The van der Waals surface area contributed by atoms with Crippen molar-refractivity contribution in [3.8, 4) is 5.69 Å². The summed E-state index contributed by atoms with van der Waals surface area (Å²) in [4.78, 5) is 0. The SMILES string of the molecule is Cc1cc(C)n(-c2ccc(C(F)(F)F)c(/C(N)=N/O)c2)n1. The minimum atomic E-state index is -4.60. The summed E-state index contributed by atoms with van der Waals surface area (Å²) in [6.07, 6.45) is -4.60. The molecule has 21 heavy (non-hydrogen) atoms. The molecule has 2 rings (SSSR count). The maximum Gasteiger partial charge on any atom is 0.417 e. The van der Waals surface area contributed by atoms with E-state index in [9.17, 15) is 13.2 Å². The van der Waals surface area contributed by atoms with Gasteiger partial charge in [0.15, 0.2) is 5.84 Å². The molecule has 2 aromatic rings. The lowest BCUT2D eigenvalue weighted by Gasteiger charge is -2.14. The number of nitrogens with zero attached hydrogens (tertiary/aromatic N) is 3. The molecule has 0 aliphatic rings. The molecule has 0 unspecified atom stereocenters. The van der Waals surface area contributed by atoms with Crippen LogP contribution in [0.5, 0.6) is 0 Å². The van der Waals surface area contributed by atoms with Gasteiger partial charge in [0.25, 0.3) is 0 Å². The molecule has 0 fully saturated rings. The molecule has 0 saturated carbocycles. The summed E-state index contributed by atoms with van der Waals surface area (Å²) in [5.74, 6) is -0.606. The number of aromatic nitrogens is 2. The van der Waals surface area contributed by atoms with E-state index in [-0.39, 0.29) is 0 Å². The largest absolute Gasteiger partial charge is 0.417 e. The Morgan fingerprint density at radius 3 is 2.43 bits per heavy atom. The summed E-state index contributed by atoms with van der Waals surface area (Å²) in [5, 5.41) is 15.5. The quantitative estimate of drug-likeness (QED) is 0.387. The number of halogens is 3. The number of benzene rings is 1. The smallest absolute Gasteiger partial charge is 0.409 e. The number of hydrogen-bond acceptors (Lipinski definition) is 3. The molecule has 0 saturated heterocycles. The van der Waals surface area contributed by atoms with Crippen molar-refractivity contribution in [1.82, 2.24) is 9.78 Å². The van der Waals surface area contributed by atoms with Crippen molar-refractivity contribution in [1.29, 1.82) is 0 Å². The lowest BCUT2D eigenvalue weighted by molar-refractivity contribution is -0.137. The molecule has 0 radical (unpaired) electrons. The molecule has 0 spiro atoms. The Hall–Kier alpha value is -2.51. The van der Waals surface area contributed by atoms with E-state index in [2.05, 4.69) is 10.3 Å². The molecule has 1 heterocycles. The molecule has 112 valence electrons. The van der Waals surface area contributed by atoms with Crippen LogP contribution < -0.4 is 5.73 Å². The summed E-state index contributed by atoms with van der Waals surface area (Å²) < 4.78 is 40.3. The fourth-order valence-electron chi connectivity index (χ4n) is 2.07. The van der Waals surface area contributed by atoms with E-state index in [1.165, 1.54) is 16.8 Å². The molecule has 5 nitrogen and oxygen atoms in total. The van der Waals surface area contributed by atoms with Gasteiger partial charge >= 0.3 is 6.18 Å². The van der Waals surface area contributed by atoms with Crippen LogP contribution in [0, 0.1) is 13.8 Å². The third kappa shape index (κ3) is 2.83. The summed E-state index contributed by atoms with van der Waals surface area (Å²) in [6.45, 7) is 3.55. The van der Waals surface area contributed by atoms with Gasteiger partial charge in [-0.1, -0.05) is 5.16 Å². The highest BCUT2D eigenvalue weighted by Crippen LogP contribution is 2.33. The minimum Gasteiger partial charge on any atom is -0.409 e. The van der Waals surface area contributed by atoms with Crippen LogP contribution in [-0.4, -0.2) is 20.8 Å². The molecule has 0 aliphatic heterocycles. The molecule has 0 aliphatic carbocycles. The first-order chi connectivity index (χ1) is 9.74. The molecule has 0 atom stereocenters. The molecule has 3 N–H and O–H groups in total. The van der Waals surface area contributed by atoms with Gasteiger partial charge in [-0.3, -0.25) is 0 Å². The Labute approximate surface area is 118 Å². The third-order valence-electron chi connectivity index (χ3n) is 2.95. The van der Waals surface area contributed by atoms with Crippen LogP contribution in [0.4, 0.5) is 13.2 Å². The van der Waals surface area contributed by atoms with Gasteiger partial charge in [-0.25, -0.2) is 4.68 Å². The van der Waals surface area contributed by atoms with Crippen molar-refractivity contribution in [2.45, 2.75) is 20.0 Å². The second-order valence-corrected chi connectivity index (χ2v) is 4.55. The molecule has 1 aromatic heterocycles. The van der Waals surface area contributed by atoms with Crippen molar-refractivity contribution < 1.29 is 18.4 Å². The average Bonchev–Trinajstić information content (AvgIpc) is 2.75. The highest BCUT2D eigenvalue weighted by Gasteiger charge is 2.34. The molecule has 1 aromatic carbocycles. The van der Waals surface area contributed by atoms with Gasteiger partial charge in [0.2, 0.25) is 0 Å². The Kier molecular flexibility index (Phi) is 3.63. The minimum absolute atomic E-state index is 0.393. The van der Waals surface area contributed by atoms with E-state index < -0.39 is 23.1 Å². The number of aryl methyl sites for hydroxylation is 2. The lowest BCUT2D eigenvalue weighted by Crippen LogP contribution is -2.20. The molecule has 0 amide bonds. The van der Waals surface area contributed by atoms with Crippen molar-refractivity contribution in [2.24, 2.45) is 10.9 Å². The molecule has 8 heteroatoms. The van der Waals surface area contributed by atoms with Gasteiger partial charge in [-0.15, -0.1) is 0 Å². The molecular formula is C13H13F3N4O. The Morgan fingerprint density at radius 1 is 1.29 bits per heavy atom. The van der Waals surface area contributed by atoms with Gasteiger partial charge in [-0.2, -0.15) is 18.3 Å². The van der Waals surface area contributed by atoms with E-state index in [0.29, 0.717) is 5.69 Å². The summed E-state index contributed by atoms with van der Waals surface area (Å²) in [5.41, 5.74) is 5.88. The number of alkyl halides is 3. The van der Waals surface area contributed by atoms with Crippen molar-refractivity contribution in [3.05, 3.63) is 46.8 Å². The van der Waals surface area contributed by atoms with E-state index in [1.807, 2.05) is 0 Å². The molecular weight excluding hydrogens is 285 g/mol. The predicted molar refractivity (Wildman–Crippen MR) is 70.6 cm³/mol. The number of hydrogen-bond donors (Lipinski definition) is 2. The summed E-state index contributed by atoms with van der Waals surface area (Å²) in [6, 6.07) is 5.16. The van der Waals surface area contributed by atoms with Crippen LogP contribution in [-0.2, 0) is 6.18 Å². The van der Waals surface area contributed by atoms with E-state index >= 15 is 0 Å². The Bertz CT molecular complexity index is 704. The first-order valence-corrected chi connectivity index (χ1v) is 5.97. The average molecular weight is 298 g/mol. The van der Waals surface area contributed by atoms with Crippen LogP contribution in [0.3, 0.4) is 0 Å². The number of amidine groups is 1. The summed E-state index contributed by atoms with van der Waals surface area (Å²) in [7, 11) is 0. The van der Waals surface area contributed by atoms with Crippen LogP contribution in [0.2, 0.25) is 0 Å². The second-order valence-electron chi connectivity index (χ2n) is 4.55. The second kappa shape index (κ2) is 5.12. The van der Waals surface area contributed by atoms with Crippen molar-refractivity contribution in [2.75, 3.05) is 0 Å². The maximum atomic E-state index is 12.9. The van der Waals surface area contributed by atoms with Gasteiger partial charge in [0.1, 0.15) is 0 Å². The molecule has 0 bridgehead atoms. The fraction of sp³-hybridized carbons (Fsp3) is 0.231. The normalized spacial score (nSPS) is 12.7. The van der Waals surface area contributed by atoms with Crippen LogP contribution in [0.15, 0.2) is 29.4 Å². The van der Waals surface area contributed by atoms with Crippen LogP contribution in [0.25, 0.3) is 5.69 Å². The summed E-state index contributed by atoms with van der Waals surface area (Å²) >= 11 is 0. The van der Waals surface area contributed by atoms with Gasteiger partial charge in [0.05, 0.1) is 16.9 Å². The highest BCUT2D eigenvalue weighted by atomic mass is 19.4. The monoisotopic (exact) mass is 298 g/mol. The zero-order valence-corrected chi connectivity index (χ0v) is 11.3. The zero-order valence-electron chi connectivity index (χ0n) is 11.3. The van der Waals surface area contributed by atoms with Gasteiger partial charge in [0, 0.05) is 11.3 Å². The zero-order chi connectivity index (χ0) is 15.8. The first-order valence-electron chi connectivity index (χ1n) is 5.97. The standard InChI is InChI=1S/C13H13F3N4O/c1-7-5-8(2)20(18-7)9-3-4-11(13(14,15)16)10(6-9)12(17)19-21/h3-6,21H,1-2H3,(H2,17,19). The van der Waals surface area contributed by atoms with Crippen LogP contribution >= 0.6 is 0 Å². The third-order valence-corrected chi connectivity index (χ3v) is 2.95.